The SMILES string of the molecule is O=C(O)C1CCCN(C(=O)NCc2cccc(CN3CCCCCC3)c2)C1. The van der Waals surface area contributed by atoms with Crippen molar-refractivity contribution in [2.24, 2.45) is 5.92 Å². The van der Waals surface area contributed by atoms with Gasteiger partial charge in [-0.05, 0) is 49.9 Å². The summed E-state index contributed by atoms with van der Waals surface area (Å²) < 4.78 is 0. The Balaban J connectivity index is 1.50. The number of nitrogens with one attached hydrogen (secondary N) is 1. The lowest BCUT2D eigenvalue weighted by Gasteiger charge is -2.30. The van der Waals surface area contributed by atoms with E-state index in [9.17, 15) is 9.59 Å². The lowest BCUT2D eigenvalue weighted by atomic mass is 9.99. The minimum atomic E-state index is -0.811. The van der Waals surface area contributed by atoms with Gasteiger partial charge in [-0.25, -0.2) is 4.79 Å². The molecular weight excluding hydrogens is 342 g/mol. The molecule has 0 bridgehead atoms. The molecule has 27 heavy (non-hydrogen) atoms. The first-order valence-electron chi connectivity index (χ1n) is 10.2. The Bertz CT molecular complexity index is 641. The van der Waals surface area contributed by atoms with E-state index < -0.39 is 11.9 Å². The number of amides is 2. The van der Waals surface area contributed by atoms with Gasteiger partial charge in [-0.2, -0.15) is 0 Å². The zero-order chi connectivity index (χ0) is 19.1. The number of urea groups is 1. The van der Waals surface area contributed by atoms with Gasteiger partial charge in [0.15, 0.2) is 0 Å². The van der Waals surface area contributed by atoms with Crippen molar-refractivity contribution in [2.45, 2.75) is 51.6 Å². The first-order valence-corrected chi connectivity index (χ1v) is 10.2. The van der Waals surface area contributed by atoms with Crippen LogP contribution in [-0.4, -0.2) is 53.1 Å². The molecule has 0 radical (unpaired) electrons. The highest BCUT2D eigenvalue weighted by atomic mass is 16.4. The van der Waals surface area contributed by atoms with Gasteiger partial charge < -0.3 is 15.3 Å². The summed E-state index contributed by atoms with van der Waals surface area (Å²) >= 11 is 0. The summed E-state index contributed by atoms with van der Waals surface area (Å²) in [5.41, 5.74) is 2.37. The maximum atomic E-state index is 12.4. The maximum Gasteiger partial charge on any atom is 0.317 e. The quantitative estimate of drug-likeness (QED) is 0.832. The molecule has 0 aliphatic carbocycles. The molecule has 1 unspecified atom stereocenters. The number of aliphatic carboxylic acids is 1. The van der Waals surface area contributed by atoms with E-state index in [0.29, 0.717) is 26.1 Å². The molecule has 6 nitrogen and oxygen atoms in total. The van der Waals surface area contributed by atoms with Crippen LogP contribution in [0.2, 0.25) is 0 Å². The van der Waals surface area contributed by atoms with Gasteiger partial charge in [-0.3, -0.25) is 9.69 Å². The number of carbonyl (C=O) groups is 2. The van der Waals surface area contributed by atoms with Crippen LogP contribution in [0.5, 0.6) is 0 Å². The fraction of sp³-hybridized carbons (Fsp3) is 0.619. The van der Waals surface area contributed by atoms with Crippen LogP contribution >= 0.6 is 0 Å². The monoisotopic (exact) mass is 373 g/mol. The zero-order valence-electron chi connectivity index (χ0n) is 16.0. The number of benzene rings is 1. The molecule has 2 heterocycles. The summed E-state index contributed by atoms with van der Waals surface area (Å²) in [4.78, 5) is 27.7. The second-order valence-electron chi connectivity index (χ2n) is 7.79. The maximum absolute atomic E-state index is 12.4. The fourth-order valence-corrected chi connectivity index (χ4v) is 4.04. The van der Waals surface area contributed by atoms with Gasteiger partial charge in [0.1, 0.15) is 0 Å². The van der Waals surface area contributed by atoms with Crippen molar-refractivity contribution in [2.75, 3.05) is 26.2 Å². The Labute approximate surface area is 161 Å². The topological polar surface area (TPSA) is 72.9 Å². The van der Waals surface area contributed by atoms with Crippen LogP contribution in [-0.2, 0) is 17.9 Å². The number of hydrogen-bond acceptors (Lipinski definition) is 3. The normalized spacial score (nSPS) is 21.5. The number of carboxylic acids is 1. The molecule has 1 aromatic carbocycles. The van der Waals surface area contributed by atoms with E-state index >= 15 is 0 Å². The van der Waals surface area contributed by atoms with Crippen LogP contribution in [0, 0.1) is 5.92 Å². The molecule has 3 rings (SSSR count). The molecule has 2 amide bonds. The zero-order valence-corrected chi connectivity index (χ0v) is 16.0. The Morgan fingerprint density at radius 3 is 2.52 bits per heavy atom. The van der Waals surface area contributed by atoms with Crippen LogP contribution in [0.3, 0.4) is 0 Å². The molecule has 2 saturated heterocycles. The molecule has 2 aliphatic rings. The third-order valence-electron chi connectivity index (χ3n) is 5.60. The van der Waals surface area contributed by atoms with Crippen LogP contribution < -0.4 is 5.32 Å². The Morgan fingerprint density at radius 1 is 1.04 bits per heavy atom. The highest BCUT2D eigenvalue weighted by molar-refractivity contribution is 5.76. The predicted octanol–water partition coefficient (Wildman–Crippen LogP) is 3.07. The largest absolute Gasteiger partial charge is 0.481 e. The second kappa shape index (κ2) is 9.74. The standard InChI is InChI=1S/C21H31N3O3/c25-20(26)19-9-6-12-24(16-19)21(27)22-14-17-7-5-8-18(13-17)15-23-10-3-1-2-4-11-23/h5,7-8,13,19H,1-4,6,9-12,14-16H2,(H,22,27)(H,25,26). The minimum absolute atomic E-state index is 0.168. The summed E-state index contributed by atoms with van der Waals surface area (Å²) in [6.07, 6.45) is 6.63. The first kappa shape index (κ1) is 19.7. The number of likely N-dealkylation sites (tertiary alicyclic amines) is 2. The summed E-state index contributed by atoms with van der Waals surface area (Å²) in [5, 5.41) is 12.1. The third-order valence-corrected chi connectivity index (χ3v) is 5.60. The molecular formula is C21H31N3O3. The van der Waals surface area contributed by atoms with Crippen molar-refractivity contribution in [3.8, 4) is 0 Å². The van der Waals surface area contributed by atoms with Gasteiger partial charge in [-0.15, -0.1) is 0 Å². The molecule has 0 saturated carbocycles. The van der Waals surface area contributed by atoms with Crippen LogP contribution in [0.4, 0.5) is 4.79 Å². The van der Waals surface area contributed by atoms with Crippen molar-refractivity contribution >= 4 is 12.0 Å². The van der Waals surface area contributed by atoms with Gasteiger partial charge >= 0.3 is 12.0 Å². The molecule has 0 aromatic heterocycles. The molecule has 2 aliphatic heterocycles. The van der Waals surface area contributed by atoms with Crippen LogP contribution in [0.1, 0.15) is 49.7 Å². The van der Waals surface area contributed by atoms with Crippen molar-refractivity contribution in [1.29, 1.82) is 0 Å². The molecule has 148 valence electrons. The summed E-state index contributed by atoms with van der Waals surface area (Å²) in [6.45, 7) is 4.71. The average Bonchev–Trinajstić information content (AvgIpc) is 2.95. The van der Waals surface area contributed by atoms with E-state index in [1.54, 1.807) is 4.90 Å². The second-order valence-corrected chi connectivity index (χ2v) is 7.79. The minimum Gasteiger partial charge on any atom is -0.481 e. The summed E-state index contributed by atoms with van der Waals surface area (Å²) in [6, 6.07) is 8.23. The number of carbonyl (C=O) groups excluding carboxylic acids is 1. The van der Waals surface area contributed by atoms with Gasteiger partial charge in [0.05, 0.1) is 5.92 Å². The van der Waals surface area contributed by atoms with Crippen molar-refractivity contribution in [3.63, 3.8) is 0 Å². The summed E-state index contributed by atoms with van der Waals surface area (Å²) in [7, 11) is 0. The number of piperidine rings is 1. The van der Waals surface area contributed by atoms with E-state index in [4.69, 9.17) is 5.11 Å². The Hall–Kier alpha value is -2.08. The van der Waals surface area contributed by atoms with Gasteiger partial charge in [-0.1, -0.05) is 37.1 Å². The smallest absolute Gasteiger partial charge is 0.317 e. The number of hydrogen-bond donors (Lipinski definition) is 2. The highest BCUT2D eigenvalue weighted by Crippen LogP contribution is 2.17. The van der Waals surface area contributed by atoms with Crippen molar-refractivity contribution in [3.05, 3.63) is 35.4 Å². The fourth-order valence-electron chi connectivity index (χ4n) is 4.04. The Morgan fingerprint density at radius 2 is 1.78 bits per heavy atom. The highest BCUT2D eigenvalue weighted by Gasteiger charge is 2.27. The van der Waals surface area contributed by atoms with Gasteiger partial charge in [0, 0.05) is 26.2 Å². The number of nitrogens with zero attached hydrogens (tertiary/aromatic N) is 2. The molecule has 6 heteroatoms. The van der Waals surface area contributed by atoms with Gasteiger partial charge in [0.2, 0.25) is 0 Å². The number of carboxylic acid groups (broad SMARTS) is 1. The van der Waals surface area contributed by atoms with E-state index in [2.05, 4.69) is 28.4 Å². The predicted molar refractivity (Wildman–Crippen MR) is 104 cm³/mol. The van der Waals surface area contributed by atoms with Gasteiger partial charge in [0.25, 0.3) is 0 Å². The molecule has 2 fully saturated rings. The van der Waals surface area contributed by atoms with Crippen LogP contribution in [0.25, 0.3) is 0 Å². The van der Waals surface area contributed by atoms with E-state index in [1.165, 1.54) is 44.3 Å². The summed E-state index contributed by atoms with van der Waals surface area (Å²) in [5.74, 6) is -1.25. The van der Waals surface area contributed by atoms with E-state index in [1.807, 2.05) is 6.07 Å². The molecule has 0 spiro atoms. The number of rotatable bonds is 5. The molecule has 1 atom stereocenters. The average molecular weight is 373 g/mol. The Kier molecular flexibility index (Phi) is 7.10. The lowest BCUT2D eigenvalue weighted by molar-refractivity contribution is -0.143. The third kappa shape index (κ3) is 5.96. The lowest BCUT2D eigenvalue weighted by Crippen LogP contribution is -2.46. The van der Waals surface area contributed by atoms with E-state index in [-0.39, 0.29) is 6.03 Å². The van der Waals surface area contributed by atoms with Crippen molar-refractivity contribution in [1.82, 2.24) is 15.1 Å². The van der Waals surface area contributed by atoms with Crippen molar-refractivity contribution < 1.29 is 14.7 Å². The first-order chi connectivity index (χ1) is 13.1. The van der Waals surface area contributed by atoms with E-state index in [0.717, 1.165) is 18.5 Å². The molecule has 1 aromatic rings. The van der Waals surface area contributed by atoms with Crippen LogP contribution in [0.15, 0.2) is 24.3 Å². The molecule has 2 N–H and O–H groups in total.